The van der Waals surface area contributed by atoms with Gasteiger partial charge in [-0.3, -0.25) is 4.90 Å². The number of hydrogen-bond acceptors (Lipinski definition) is 6. The van der Waals surface area contributed by atoms with Crippen LogP contribution in [0, 0.1) is 19.7 Å². The van der Waals surface area contributed by atoms with Gasteiger partial charge in [-0.1, -0.05) is 0 Å². The van der Waals surface area contributed by atoms with Gasteiger partial charge in [0, 0.05) is 31.4 Å². The number of hydrogen-bond donors (Lipinski definition) is 0. The number of halogens is 1. The van der Waals surface area contributed by atoms with Crippen LogP contribution < -0.4 is 14.2 Å². The number of likely N-dealkylation sites (tertiary alicyclic amines) is 1. The lowest BCUT2D eigenvalue weighted by Gasteiger charge is -2.35. The van der Waals surface area contributed by atoms with Crippen molar-refractivity contribution in [2.24, 2.45) is 0 Å². The number of piperidine rings is 1. The van der Waals surface area contributed by atoms with E-state index in [-0.39, 0.29) is 18.0 Å². The van der Waals surface area contributed by atoms with Crippen LogP contribution in [0.3, 0.4) is 0 Å². The zero-order chi connectivity index (χ0) is 19.7. The van der Waals surface area contributed by atoms with Crippen molar-refractivity contribution in [1.29, 1.82) is 0 Å². The van der Waals surface area contributed by atoms with Gasteiger partial charge in [-0.2, -0.15) is 0 Å². The minimum absolute atomic E-state index is 0.121. The third kappa shape index (κ3) is 3.90. The lowest BCUT2D eigenvalue weighted by molar-refractivity contribution is 0.0741. The van der Waals surface area contributed by atoms with E-state index in [1.165, 1.54) is 11.6 Å². The van der Waals surface area contributed by atoms with Crippen molar-refractivity contribution in [2.45, 2.75) is 45.8 Å². The van der Waals surface area contributed by atoms with Crippen molar-refractivity contribution in [3.63, 3.8) is 0 Å². The number of rotatable bonds is 4. The summed E-state index contributed by atoms with van der Waals surface area (Å²) in [4.78, 5) is 11.0. The molecule has 0 radical (unpaired) electrons. The first kappa shape index (κ1) is 18.9. The van der Waals surface area contributed by atoms with Gasteiger partial charge in [-0.25, -0.2) is 14.4 Å². The SMILES string of the molecule is Cc1cnc(OC2CCN(C(C)c3nc4c(cc3F)OCCO4)CC2)cc1C. The Kier molecular flexibility index (Phi) is 5.35. The van der Waals surface area contributed by atoms with Crippen LogP contribution in [0.1, 0.15) is 42.6 Å². The van der Waals surface area contributed by atoms with Crippen LogP contribution in [0.25, 0.3) is 0 Å². The fraction of sp³-hybridized carbons (Fsp3) is 0.524. The van der Waals surface area contributed by atoms with E-state index in [2.05, 4.69) is 21.8 Å². The summed E-state index contributed by atoms with van der Waals surface area (Å²) in [6.07, 6.45) is 3.70. The minimum atomic E-state index is -0.352. The monoisotopic (exact) mass is 387 g/mol. The highest BCUT2D eigenvalue weighted by molar-refractivity contribution is 5.37. The van der Waals surface area contributed by atoms with Crippen LogP contribution in [-0.4, -0.2) is 47.3 Å². The molecule has 4 heterocycles. The average molecular weight is 387 g/mol. The first-order valence-electron chi connectivity index (χ1n) is 9.81. The second kappa shape index (κ2) is 7.91. The summed E-state index contributed by atoms with van der Waals surface area (Å²) in [5, 5.41) is 0. The molecule has 2 aliphatic heterocycles. The highest BCUT2D eigenvalue weighted by Gasteiger charge is 2.29. The molecular weight excluding hydrogens is 361 g/mol. The molecule has 0 spiro atoms. The molecule has 0 bridgehead atoms. The summed E-state index contributed by atoms with van der Waals surface area (Å²) in [5.74, 6) is 1.09. The maximum absolute atomic E-state index is 14.6. The maximum Gasteiger partial charge on any atom is 0.257 e. The second-order valence-corrected chi connectivity index (χ2v) is 7.49. The van der Waals surface area contributed by atoms with Gasteiger partial charge in [0.05, 0.1) is 11.7 Å². The predicted molar refractivity (Wildman–Crippen MR) is 103 cm³/mol. The van der Waals surface area contributed by atoms with Crippen LogP contribution in [0.5, 0.6) is 17.5 Å². The summed E-state index contributed by atoms with van der Waals surface area (Å²) in [6.45, 7) is 8.56. The Labute approximate surface area is 164 Å². The normalized spacial score (nSPS) is 18.7. The van der Waals surface area contributed by atoms with E-state index in [0.717, 1.165) is 31.5 Å². The Hall–Kier alpha value is -2.41. The van der Waals surface area contributed by atoms with Gasteiger partial charge in [0.15, 0.2) is 5.75 Å². The van der Waals surface area contributed by atoms with E-state index < -0.39 is 0 Å². The Morgan fingerprint density at radius 2 is 1.89 bits per heavy atom. The van der Waals surface area contributed by atoms with Gasteiger partial charge in [0.1, 0.15) is 25.1 Å². The highest BCUT2D eigenvalue weighted by Crippen LogP contribution is 2.34. The number of pyridine rings is 2. The number of aromatic nitrogens is 2. The molecule has 4 rings (SSSR count). The Morgan fingerprint density at radius 1 is 1.14 bits per heavy atom. The molecule has 0 aromatic carbocycles. The molecule has 1 unspecified atom stereocenters. The quantitative estimate of drug-likeness (QED) is 0.799. The number of fused-ring (bicyclic) bond motifs is 1. The van der Waals surface area contributed by atoms with E-state index in [0.29, 0.717) is 36.4 Å². The summed E-state index contributed by atoms with van der Waals surface area (Å²) in [7, 11) is 0. The third-order valence-electron chi connectivity index (χ3n) is 5.57. The number of aryl methyl sites for hydroxylation is 2. The fourth-order valence-electron chi connectivity index (χ4n) is 3.65. The summed E-state index contributed by atoms with van der Waals surface area (Å²) >= 11 is 0. The smallest absolute Gasteiger partial charge is 0.257 e. The van der Waals surface area contributed by atoms with Gasteiger partial charge < -0.3 is 14.2 Å². The molecule has 1 saturated heterocycles. The van der Waals surface area contributed by atoms with E-state index in [4.69, 9.17) is 14.2 Å². The van der Waals surface area contributed by atoms with Crippen molar-refractivity contribution in [2.75, 3.05) is 26.3 Å². The summed E-state index contributed by atoms with van der Waals surface area (Å²) in [6, 6.07) is 3.23. The Morgan fingerprint density at radius 3 is 2.64 bits per heavy atom. The van der Waals surface area contributed by atoms with Gasteiger partial charge >= 0.3 is 0 Å². The molecule has 2 aromatic heterocycles. The highest BCUT2D eigenvalue weighted by atomic mass is 19.1. The van der Waals surface area contributed by atoms with Gasteiger partial charge in [-0.05, 0) is 44.7 Å². The van der Waals surface area contributed by atoms with Gasteiger partial charge in [-0.15, -0.1) is 0 Å². The first-order valence-corrected chi connectivity index (χ1v) is 9.81. The van der Waals surface area contributed by atoms with E-state index >= 15 is 0 Å². The number of nitrogens with zero attached hydrogens (tertiary/aromatic N) is 3. The minimum Gasteiger partial charge on any atom is -0.484 e. The van der Waals surface area contributed by atoms with Crippen LogP contribution in [0.15, 0.2) is 18.3 Å². The van der Waals surface area contributed by atoms with Crippen LogP contribution in [-0.2, 0) is 0 Å². The molecule has 0 saturated carbocycles. The fourth-order valence-corrected chi connectivity index (χ4v) is 3.65. The van der Waals surface area contributed by atoms with Gasteiger partial charge in [0.25, 0.3) is 5.88 Å². The lowest BCUT2D eigenvalue weighted by Crippen LogP contribution is -2.40. The lowest BCUT2D eigenvalue weighted by atomic mass is 10.0. The van der Waals surface area contributed by atoms with Crippen LogP contribution in [0.2, 0.25) is 0 Å². The van der Waals surface area contributed by atoms with Crippen molar-refractivity contribution in [3.8, 4) is 17.5 Å². The average Bonchev–Trinajstić information content (AvgIpc) is 2.70. The largest absolute Gasteiger partial charge is 0.484 e. The van der Waals surface area contributed by atoms with Gasteiger partial charge in [0.2, 0.25) is 5.88 Å². The zero-order valence-electron chi connectivity index (χ0n) is 16.6. The molecule has 6 nitrogen and oxygen atoms in total. The summed E-state index contributed by atoms with van der Waals surface area (Å²) < 4.78 is 31.5. The molecule has 1 atom stereocenters. The Balaban J connectivity index is 1.38. The van der Waals surface area contributed by atoms with Crippen LogP contribution >= 0.6 is 0 Å². The van der Waals surface area contributed by atoms with E-state index in [1.807, 2.05) is 26.1 Å². The molecule has 1 fully saturated rings. The topological polar surface area (TPSA) is 56.7 Å². The summed E-state index contributed by atoms with van der Waals surface area (Å²) in [5.41, 5.74) is 2.74. The van der Waals surface area contributed by atoms with Crippen molar-refractivity contribution in [1.82, 2.24) is 14.9 Å². The third-order valence-corrected chi connectivity index (χ3v) is 5.57. The molecule has 150 valence electrons. The maximum atomic E-state index is 14.6. The molecule has 0 aliphatic carbocycles. The first-order chi connectivity index (χ1) is 13.5. The zero-order valence-corrected chi connectivity index (χ0v) is 16.6. The Bertz CT molecular complexity index is 853. The standard InChI is InChI=1S/C21H26FN3O3/c1-13-10-19(23-12-14(13)2)28-16-4-6-25(7-5-16)15(3)20-17(22)11-18-21(24-20)27-9-8-26-18/h10-12,15-16H,4-9H2,1-3H3. The molecule has 0 N–H and O–H groups in total. The van der Waals surface area contributed by atoms with Crippen molar-refractivity contribution in [3.05, 3.63) is 41.0 Å². The van der Waals surface area contributed by atoms with E-state index in [9.17, 15) is 4.39 Å². The molecule has 2 aliphatic rings. The molecule has 7 heteroatoms. The molecule has 28 heavy (non-hydrogen) atoms. The molecular formula is C21H26FN3O3. The van der Waals surface area contributed by atoms with Crippen molar-refractivity contribution < 1.29 is 18.6 Å². The van der Waals surface area contributed by atoms with E-state index in [1.54, 1.807) is 0 Å². The van der Waals surface area contributed by atoms with Crippen molar-refractivity contribution >= 4 is 0 Å². The molecule has 0 amide bonds. The predicted octanol–water partition coefficient (Wildman–Crippen LogP) is 3.61. The molecule has 2 aromatic rings. The second-order valence-electron chi connectivity index (χ2n) is 7.49. The number of ether oxygens (including phenoxy) is 3. The van der Waals surface area contributed by atoms with Crippen LogP contribution in [0.4, 0.5) is 4.39 Å².